The normalized spacial score (nSPS) is 20.7. The molecule has 1 N–H and O–H groups in total. The summed E-state index contributed by atoms with van der Waals surface area (Å²) in [6.07, 6.45) is 6.20. The molecule has 5 rings (SSSR count). The van der Waals surface area contributed by atoms with Crippen LogP contribution in [0, 0.1) is 0 Å². The third-order valence-corrected chi connectivity index (χ3v) is 6.98. The molecule has 0 unspecified atom stereocenters. The Labute approximate surface area is 159 Å². The van der Waals surface area contributed by atoms with E-state index in [-0.39, 0.29) is 0 Å². The van der Waals surface area contributed by atoms with Crippen molar-refractivity contribution in [2.75, 3.05) is 37.0 Å². The maximum atomic E-state index is 4.93. The molecule has 0 spiro atoms. The molecule has 0 radical (unpaired) electrons. The van der Waals surface area contributed by atoms with Gasteiger partial charge in [-0.25, -0.2) is 4.99 Å². The van der Waals surface area contributed by atoms with Gasteiger partial charge in [0.05, 0.1) is 5.56 Å². The van der Waals surface area contributed by atoms with Crippen LogP contribution < -0.4 is 10.2 Å². The number of aryl methyl sites for hydroxylation is 2. The van der Waals surface area contributed by atoms with Crippen molar-refractivity contribution in [3.8, 4) is 0 Å². The predicted molar refractivity (Wildman–Crippen MR) is 111 cm³/mol. The zero-order valence-corrected chi connectivity index (χ0v) is 16.2. The molecule has 1 aliphatic carbocycles. The predicted octanol–water partition coefficient (Wildman–Crippen LogP) is 3.97. The minimum atomic E-state index is 0.619. The van der Waals surface area contributed by atoms with Crippen molar-refractivity contribution in [1.82, 2.24) is 4.90 Å². The molecule has 0 atom stereocenters. The number of anilines is 2. The Morgan fingerprint density at radius 3 is 2.85 bits per heavy atom. The van der Waals surface area contributed by atoms with Crippen LogP contribution in [0.15, 0.2) is 34.6 Å². The van der Waals surface area contributed by atoms with Crippen LogP contribution >= 0.6 is 11.3 Å². The Bertz CT molecular complexity index is 832. The van der Waals surface area contributed by atoms with E-state index in [9.17, 15) is 0 Å². The number of piperidine rings is 1. The molecule has 5 heteroatoms. The number of rotatable bonds is 2. The summed E-state index contributed by atoms with van der Waals surface area (Å²) < 4.78 is 0. The molecule has 3 heterocycles. The highest BCUT2D eigenvalue weighted by Gasteiger charge is 2.29. The van der Waals surface area contributed by atoms with Crippen molar-refractivity contribution in [1.29, 1.82) is 0 Å². The van der Waals surface area contributed by atoms with E-state index in [1.807, 2.05) is 11.3 Å². The summed E-state index contributed by atoms with van der Waals surface area (Å²) in [5, 5.41) is 7.20. The standard InChI is InChI=1S/C21H26N4S/c1-24-10-7-18(8-11-24)25-14-22-20(19-9-12-26-21(19)25)23-17-6-5-15-3-2-4-16(15)13-17/h5-6,9,12-13,18H,2-4,7-8,10-11,14H2,1H3,(H,22,23). The number of aliphatic imine (C=N–C) groups is 1. The van der Waals surface area contributed by atoms with E-state index in [1.54, 1.807) is 0 Å². The largest absolute Gasteiger partial charge is 0.340 e. The third-order valence-electron chi connectivity index (χ3n) is 6.03. The lowest BCUT2D eigenvalue weighted by molar-refractivity contribution is 0.250. The van der Waals surface area contributed by atoms with Crippen LogP contribution in [-0.2, 0) is 12.8 Å². The second kappa shape index (κ2) is 6.71. The number of likely N-dealkylation sites (tertiary alicyclic amines) is 1. The van der Waals surface area contributed by atoms with Crippen LogP contribution in [0.1, 0.15) is 36.0 Å². The molecule has 26 heavy (non-hydrogen) atoms. The summed E-state index contributed by atoms with van der Waals surface area (Å²) in [5.41, 5.74) is 5.46. The molecule has 1 aromatic heterocycles. The molecule has 1 saturated heterocycles. The number of amidine groups is 1. The fourth-order valence-electron chi connectivity index (χ4n) is 4.48. The van der Waals surface area contributed by atoms with Crippen molar-refractivity contribution in [3.63, 3.8) is 0 Å². The number of fused-ring (bicyclic) bond motifs is 2. The van der Waals surface area contributed by atoms with E-state index >= 15 is 0 Å². The van der Waals surface area contributed by atoms with Gasteiger partial charge in [0, 0.05) is 11.7 Å². The highest BCUT2D eigenvalue weighted by molar-refractivity contribution is 7.14. The number of thiophene rings is 1. The summed E-state index contributed by atoms with van der Waals surface area (Å²) in [6, 6.07) is 9.66. The van der Waals surface area contributed by atoms with Crippen molar-refractivity contribution < 1.29 is 0 Å². The van der Waals surface area contributed by atoms with Crippen molar-refractivity contribution >= 4 is 27.9 Å². The smallest absolute Gasteiger partial charge is 0.137 e. The SMILES string of the molecule is CN1CCC(N2CN=C(Nc3ccc4c(c3)CCC4)c3ccsc32)CC1. The summed E-state index contributed by atoms with van der Waals surface area (Å²) in [5.74, 6) is 1.03. The molecule has 1 aromatic carbocycles. The van der Waals surface area contributed by atoms with E-state index in [0.717, 1.165) is 12.5 Å². The number of benzene rings is 1. The molecule has 0 amide bonds. The van der Waals surface area contributed by atoms with Crippen LogP contribution in [0.4, 0.5) is 10.7 Å². The second-order valence-electron chi connectivity index (χ2n) is 7.75. The van der Waals surface area contributed by atoms with Gasteiger partial charge in [-0.15, -0.1) is 11.3 Å². The Morgan fingerprint density at radius 1 is 1.12 bits per heavy atom. The quantitative estimate of drug-likeness (QED) is 0.873. The van der Waals surface area contributed by atoms with Crippen molar-refractivity contribution in [3.05, 3.63) is 46.3 Å². The third kappa shape index (κ3) is 2.93. The van der Waals surface area contributed by atoms with Gasteiger partial charge in [0.1, 0.15) is 17.5 Å². The maximum absolute atomic E-state index is 4.93. The molecule has 2 aliphatic heterocycles. The van der Waals surface area contributed by atoms with Gasteiger partial charge < -0.3 is 15.1 Å². The second-order valence-corrected chi connectivity index (χ2v) is 8.65. The average Bonchev–Trinajstić information content (AvgIpc) is 3.32. The van der Waals surface area contributed by atoms with Gasteiger partial charge in [0.15, 0.2) is 0 Å². The first-order valence-corrected chi connectivity index (χ1v) is 10.6. The van der Waals surface area contributed by atoms with Gasteiger partial charge in [-0.05, 0) is 86.9 Å². The first-order valence-electron chi connectivity index (χ1n) is 9.74. The fraction of sp³-hybridized carbons (Fsp3) is 0.476. The number of nitrogens with zero attached hydrogens (tertiary/aromatic N) is 3. The van der Waals surface area contributed by atoms with Crippen LogP contribution in [-0.4, -0.2) is 43.6 Å². The van der Waals surface area contributed by atoms with Crippen molar-refractivity contribution in [2.45, 2.75) is 38.1 Å². The van der Waals surface area contributed by atoms with Gasteiger partial charge in [-0.3, -0.25) is 0 Å². The lowest BCUT2D eigenvalue weighted by Crippen LogP contribution is -2.45. The molecule has 0 bridgehead atoms. The minimum absolute atomic E-state index is 0.619. The Kier molecular flexibility index (Phi) is 4.21. The van der Waals surface area contributed by atoms with Gasteiger partial charge >= 0.3 is 0 Å². The first kappa shape index (κ1) is 16.3. The zero-order valence-electron chi connectivity index (χ0n) is 15.4. The lowest BCUT2D eigenvalue weighted by atomic mass is 10.0. The van der Waals surface area contributed by atoms with E-state index in [4.69, 9.17) is 4.99 Å². The highest BCUT2D eigenvalue weighted by atomic mass is 32.1. The van der Waals surface area contributed by atoms with E-state index in [0.29, 0.717) is 6.04 Å². The van der Waals surface area contributed by atoms with E-state index < -0.39 is 0 Å². The maximum Gasteiger partial charge on any atom is 0.137 e. The average molecular weight is 367 g/mol. The minimum Gasteiger partial charge on any atom is -0.340 e. The van der Waals surface area contributed by atoms with Gasteiger partial charge in [0.2, 0.25) is 0 Å². The molecule has 136 valence electrons. The molecule has 4 nitrogen and oxygen atoms in total. The van der Waals surface area contributed by atoms with Crippen LogP contribution in [0.2, 0.25) is 0 Å². The summed E-state index contributed by atoms with van der Waals surface area (Å²) in [6.45, 7) is 3.15. The molecule has 0 saturated carbocycles. The number of hydrogen-bond donors (Lipinski definition) is 1. The van der Waals surface area contributed by atoms with Crippen molar-refractivity contribution in [2.24, 2.45) is 4.99 Å². The molecule has 1 fully saturated rings. The summed E-state index contributed by atoms with van der Waals surface area (Å²) in [7, 11) is 2.22. The van der Waals surface area contributed by atoms with Gasteiger partial charge in [0.25, 0.3) is 0 Å². The van der Waals surface area contributed by atoms with E-state index in [2.05, 4.69) is 51.8 Å². The lowest BCUT2D eigenvalue weighted by Gasteiger charge is -2.39. The van der Waals surface area contributed by atoms with Crippen LogP contribution in [0.25, 0.3) is 0 Å². The number of hydrogen-bond acceptors (Lipinski definition) is 5. The monoisotopic (exact) mass is 366 g/mol. The first-order chi connectivity index (χ1) is 12.8. The van der Waals surface area contributed by atoms with Gasteiger partial charge in [-0.2, -0.15) is 0 Å². The van der Waals surface area contributed by atoms with E-state index in [1.165, 1.54) is 72.6 Å². The molecular weight excluding hydrogens is 340 g/mol. The Hall–Kier alpha value is -1.85. The topological polar surface area (TPSA) is 30.9 Å². The fourth-order valence-corrected chi connectivity index (χ4v) is 5.45. The summed E-state index contributed by atoms with van der Waals surface area (Å²) >= 11 is 1.85. The molecular formula is C21H26N4S. The molecule has 2 aromatic rings. The van der Waals surface area contributed by atoms with Gasteiger partial charge in [-0.1, -0.05) is 6.07 Å². The Balaban J connectivity index is 1.37. The van der Waals surface area contributed by atoms with Crippen LogP contribution in [0.3, 0.4) is 0 Å². The number of nitrogens with one attached hydrogen (secondary N) is 1. The van der Waals surface area contributed by atoms with Crippen LogP contribution in [0.5, 0.6) is 0 Å². The molecule has 3 aliphatic rings. The zero-order chi connectivity index (χ0) is 17.5. The Morgan fingerprint density at radius 2 is 1.96 bits per heavy atom. The summed E-state index contributed by atoms with van der Waals surface area (Å²) in [4.78, 5) is 9.89. The highest BCUT2D eigenvalue weighted by Crippen LogP contribution is 2.35.